The van der Waals surface area contributed by atoms with E-state index in [2.05, 4.69) is 21.2 Å². The van der Waals surface area contributed by atoms with E-state index in [-0.39, 0.29) is 6.79 Å². The zero-order chi connectivity index (χ0) is 14.1. The minimum absolute atomic E-state index is 0.251. The van der Waals surface area contributed by atoms with Gasteiger partial charge in [0, 0.05) is 6.54 Å². The van der Waals surface area contributed by atoms with Crippen LogP contribution < -0.4 is 14.8 Å². The fourth-order valence-corrected chi connectivity index (χ4v) is 3.11. The number of para-hydroxylation sites is 1. The molecule has 0 unspecified atom stereocenters. The summed E-state index contributed by atoms with van der Waals surface area (Å²) in [5.74, 6) is 1.48. The lowest BCUT2D eigenvalue weighted by Crippen LogP contribution is -2.00. The molecule has 0 aromatic heterocycles. The normalized spacial score (nSPS) is 12.6. The Kier molecular flexibility index (Phi) is 3.96. The first-order valence-corrected chi connectivity index (χ1v) is 7.46. The maximum atomic E-state index is 6.12. The van der Waals surface area contributed by atoms with Crippen LogP contribution in [0.25, 0.3) is 0 Å². The van der Waals surface area contributed by atoms with E-state index in [1.165, 1.54) is 0 Å². The highest BCUT2D eigenvalue weighted by Crippen LogP contribution is 2.40. The monoisotopic (exact) mass is 373 g/mol. The van der Waals surface area contributed by atoms with Crippen molar-refractivity contribution in [2.75, 3.05) is 12.1 Å². The topological polar surface area (TPSA) is 30.5 Å². The molecule has 0 fully saturated rings. The summed E-state index contributed by atoms with van der Waals surface area (Å²) in [6.45, 7) is 0.833. The quantitative estimate of drug-likeness (QED) is 0.810. The Hall–Kier alpha value is -1.10. The molecule has 0 atom stereocenters. The molecule has 20 heavy (non-hydrogen) atoms. The highest BCUT2D eigenvalue weighted by atomic mass is 79.9. The lowest BCUT2D eigenvalue weighted by Gasteiger charge is -2.11. The minimum Gasteiger partial charge on any atom is -0.454 e. The Balaban J connectivity index is 1.81. The van der Waals surface area contributed by atoms with Gasteiger partial charge in [-0.1, -0.05) is 29.3 Å². The summed E-state index contributed by atoms with van der Waals surface area (Å²) in [5, 5.41) is 4.42. The number of fused-ring (bicyclic) bond motifs is 1. The maximum Gasteiger partial charge on any atom is 0.231 e. The van der Waals surface area contributed by atoms with E-state index in [0.717, 1.165) is 27.2 Å². The molecule has 1 aliphatic rings. The van der Waals surface area contributed by atoms with Gasteiger partial charge in [-0.3, -0.25) is 0 Å². The molecule has 0 saturated heterocycles. The number of benzene rings is 2. The highest BCUT2D eigenvalue weighted by Gasteiger charge is 2.18. The third-order valence-corrected chi connectivity index (χ3v) is 4.14. The van der Waals surface area contributed by atoms with Crippen LogP contribution in [0.2, 0.25) is 10.0 Å². The molecule has 2 aromatic carbocycles. The number of rotatable bonds is 3. The van der Waals surface area contributed by atoms with E-state index >= 15 is 0 Å². The molecule has 1 N–H and O–H groups in total. The van der Waals surface area contributed by atoms with Gasteiger partial charge in [0.1, 0.15) is 0 Å². The van der Waals surface area contributed by atoms with Gasteiger partial charge in [-0.2, -0.15) is 0 Å². The molecule has 0 saturated carbocycles. The Labute approximate surface area is 134 Å². The number of halogens is 3. The number of hydrogen-bond acceptors (Lipinski definition) is 3. The molecular formula is C14H10BrCl2NO2. The van der Waals surface area contributed by atoms with Crippen molar-refractivity contribution in [3.63, 3.8) is 0 Å². The van der Waals surface area contributed by atoms with E-state index in [4.69, 9.17) is 32.7 Å². The number of ether oxygens (including phenoxy) is 2. The zero-order valence-corrected chi connectivity index (χ0v) is 13.3. The minimum atomic E-state index is 0.251. The Bertz CT molecular complexity index is 644. The van der Waals surface area contributed by atoms with Crippen LogP contribution in [0.1, 0.15) is 5.56 Å². The van der Waals surface area contributed by atoms with E-state index in [0.29, 0.717) is 16.6 Å². The fraction of sp³-hybridized carbons (Fsp3) is 0.143. The molecule has 2 aromatic rings. The molecular weight excluding hydrogens is 365 g/mol. The van der Waals surface area contributed by atoms with Gasteiger partial charge in [-0.05, 0) is 45.8 Å². The summed E-state index contributed by atoms with van der Waals surface area (Å²) >= 11 is 15.7. The predicted octanol–water partition coefficient (Wildman–Crippen LogP) is 5.10. The molecule has 0 spiro atoms. The van der Waals surface area contributed by atoms with E-state index in [9.17, 15) is 0 Å². The number of nitrogens with one attached hydrogen (secondary N) is 1. The third kappa shape index (κ3) is 2.68. The standard InChI is InChI=1S/C14H10BrCl2NO2/c15-9-4-8(5-12-14(9)20-7-19-12)6-18-13-10(16)2-1-3-11(13)17/h1-5,18H,6-7H2. The van der Waals surface area contributed by atoms with Gasteiger partial charge < -0.3 is 14.8 Å². The summed E-state index contributed by atoms with van der Waals surface area (Å²) in [6.07, 6.45) is 0. The first-order valence-electron chi connectivity index (χ1n) is 5.91. The first kappa shape index (κ1) is 13.9. The van der Waals surface area contributed by atoms with Crippen LogP contribution in [0.4, 0.5) is 5.69 Å². The van der Waals surface area contributed by atoms with Crippen molar-refractivity contribution in [2.24, 2.45) is 0 Å². The predicted molar refractivity (Wildman–Crippen MR) is 84.1 cm³/mol. The van der Waals surface area contributed by atoms with Crippen molar-refractivity contribution in [1.82, 2.24) is 0 Å². The molecule has 0 radical (unpaired) electrons. The zero-order valence-electron chi connectivity index (χ0n) is 10.3. The van der Waals surface area contributed by atoms with Crippen molar-refractivity contribution in [2.45, 2.75) is 6.54 Å². The van der Waals surface area contributed by atoms with Gasteiger partial charge in [-0.15, -0.1) is 0 Å². The Morgan fingerprint density at radius 1 is 1.15 bits per heavy atom. The summed E-state index contributed by atoms with van der Waals surface area (Å²) in [7, 11) is 0. The average Bonchev–Trinajstić information content (AvgIpc) is 2.87. The largest absolute Gasteiger partial charge is 0.454 e. The number of hydrogen-bond donors (Lipinski definition) is 1. The van der Waals surface area contributed by atoms with Gasteiger partial charge in [0.15, 0.2) is 11.5 Å². The average molecular weight is 375 g/mol. The summed E-state index contributed by atoms with van der Waals surface area (Å²) in [6, 6.07) is 9.32. The van der Waals surface area contributed by atoms with E-state index in [1.54, 1.807) is 12.1 Å². The Morgan fingerprint density at radius 3 is 2.65 bits per heavy atom. The van der Waals surface area contributed by atoms with Crippen molar-refractivity contribution < 1.29 is 9.47 Å². The second-order valence-corrected chi connectivity index (χ2v) is 5.93. The van der Waals surface area contributed by atoms with Gasteiger partial charge >= 0.3 is 0 Å². The van der Waals surface area contributed by atoms with Crippen LogP contribution in [0.5, 0.6) is 11.5 Å². The molecule has 0 amide bonds. The third-order valence-electron chi connectivity index (χ3n) is 2.92. The van der Waals surface area contributed by atoms with Crippen LogP contribution in [0.3, 0.4) is 0 Å². The summed E-state index contributed by atoms with van der Waals surface area (Å²) in [5.41, 5.74) is 1.77. The second kappa shape index (κ2) is 5.72. The van der Waals surface area contributed by atoms with Crippen molar-refractivity contribution in [3.8, 4) is 11.5 Å². The SMILES string of the molecule is Clc1cccc(Cl)c1NCc1cc(Br)c2c(c1)OCO2. The van der Waals surface area contributed by atoms with Crippen LogP contribution >= 0.6 is 39.1 Å². The molecule has 6 heteroatoms. The summed E-state index contributed by atoms with van der Waals surface area (Å²) < 4.78 is 11.6. The first-order chi connectivity index (χ1) is 9.65. The Morgan fingerprint density at radius 2 is 1.90 bits per heavy atom. The molecule has 104 valence electrons. The lowest BCUT2D eigenvalue weighted by atomic mass is 10.2. The van der Waals surface area contributed by atoms with Gasteiger partial charge in [0.05, 0.1) is 20.2 Å². The highest BCUT2D eigenvalue weighted by molar-refractivity contribution is 9.10. The smallest absolute Gasteiger partial charge is 0.231 e. The van der Waals surface area contributed by atoms with Crippen molar-refractivity contribution >= 4 is 44.8 Å². The van der Waals surface area contributed by atoms with Crippen molar-refractivity contribution in [1.29, 1.82) is 0 Å². The fourth-order valence-electron chi connectivity index (χ4n) is 1.98. The van der Waals surface area contributed by atoms with Crippen LogP contribution in [-0.4, -0.2) is 6.79 Å². The molecule has 0 bridgehead atoms. The molecule has 0 aliphatic carbocycles. The van der Waals surface area contributed by atoms with Crippen LogP contribution in [-0.2, 0) is 6.54 Å². The molecule has 1 aliphatic heterocycles. The second-order valence-electron chi connectivity index (χ2n) is 4.26. The van der Waals surface area contributed by atoms with Gasteiger partial charge in [0.2, 0.25) is 6.79 Å². The maximum absolute atomic E-state index is 6.12. The van der Waals surface area contributed by atoms with Gasteiger partial charge in [0.25, 0.3) is 0 Å². The van der Waals surface area contributed by atoms with Crippen molar-refractivity contribution in [3.05, 3.63) is 50.4 Å². The molecule has 1 heterocycles. The lowest BCUT2D eigenvalue weighted by molar-refractivity contribution is 0.173. The van der Waals surface area contributed by atoms with Crippen LogP contribution in [0.15, 0.2) is 34.8 Å². The van der Waals surface area contributed by atoms with Gasteiger partial charge in [-0.25, -0.2) is 0 Å². The van der Waals surface area contributed by atoms with E-state index in [1.807, 2.05) is 18.2 Å². The molecule has 3 nitrogen and oxygen atoms in total. The molecule has 3 rings (SSSR count). The number of anilines is 1. The summed E-state index contributed by atoms with van der Waals surface area (Å²) in [4.78, 5) is 0. The van der Waals surface area contributed by atoms with E-state index < -0.39 is 0 Å². The van der Waals surface area contributed by atoms with Crippen LogP contribution in [0, 0.1) is 0 Å².